The zero-order valence-electron chi connectivity index (χ0n) is 12.8. The Hall–Kier alpha value is -1.47. The van der Waals surface area contributed by atoms with Gasteiger partial charge in [0.2, 0.25) is 5.89 Å². The Balaban J connectivity index is 1.83. The predicted molar refractivity (Wildman–Crippen MR) is 74.7 cm³/mol. The lowest BCUT2D eigenvalue weighted by atomic mass is 10.1. The van der Waals surface area contributed by atoms with E-state index in [4.69, 9.17) is 9.26 Å². The summed E-state index contributed by atoms with van der Waals surface area (Å²) in [5.74, 6) is 0.796. The summed E-state index contributed by atoms with van der Waals surface area (Å²) < 4.78 is 10.2. The molecule has 21 heavy (non-hydrogen) atoms. The topological polar surface area (TPSA) is 71.7 Å². The standard InChI is InChI=1S/C14H22N4O3/c1-17-7-4-8-18(2)10(9-17)11-15-12(21-16-11)14(5-6-14)13(19)20-3/h10H,4-9H2,1-3H3. The van der Waals surface area contributed by atoms with Crippen LogP contribution in [0, 0.1) is 0 Å². The molecule has 1 saturated heterocycles. The van der Waals surface area contributed by atoms with E-state index in [0.717, 1.165) is 38.9 Å². The first kappa shape index (κ1) is 14.5. The molecule has 7 heteroatoms. The Morgan fingerprint density at radius 3 is 2.81 bits per heavy atom. The van der Waals surface area contributed by atoms with Gasteiger partial charge in [-0.15, -0.1) is 0 Å². The van der Waals surface area contributed by atoms with Crippen molar-refractivity contribution in [2.45, 2.75) is 30.7 Å². The van der Waals surface area contributed by atoms with Crippen LogP contribution in [-0.2, 0) is 14.9 Å². The van der Waals surface area contributed by atoms with Crippen LogP contribution in [0.3, 0.4) is 0 Å². The second-order valence-corrected chi connectivity index (χ2v) is 6.14. The van der Waals surface area contributed by atoms with Crippen molar-refractivity contribution in [2.75, 3.05) is 40.8 Å². The number of carbonyl (C=O) groups is 1. The zero-order chi connectivity index (χ0) is 15.0. The highest BCUT2D eigenvalue weighted by Crippen LogP contribution is 2.48. The van der Waals surface area contributed by atoms with Crippen LogP contribution in [0.4, 0.5) is 0 Å². The molecule has 0 aromatic carbocycles. The van der Waals surface area contributed by atoms with Crippen molar-refractivity contribution in [3.05, 3.63) is 11.7 Å². The van der Waals surface area contributed by atoms with Crippen LogP contribution in [0.2, 0.25) is 0 Å². The highest BCUT2D eigenvalue weighted by molar-refractivity contribution is 5.85. The smallest absolute Gasteiger partial charge is 0.321 e. The average molecular weight is 294 g/mol. The molecule has 0 spiro atoms. The Labute approximate surface area is 124 Å². The van der Waals surface area contributed by atoms with E-state index in [1.54, 1.807) is 0 Å². The molecule has 2 fully saturated rings. The third kappa shape index (κ3) is 2.55. The van der Waals surface area contributed by atoms with E-state index in [9.17, 15) is 4.79 Å². The van der Waals surface area contributed by atoms with Gasteiger partial charge in [0, 0.05) is 6.54 Å². The van der Waals surface area contributed by atoms with Gasteiger partial charge in [-0.2, -0.15) is 4.98 Å². The molecule has 0 N–H and O–H groups in total. The summed E-state index contributed by atoms with van der Waals surface area (Å²) in [6.07, 6.45) is 2.57. The van der Waals surface area contributed by atoms with Crippen LogP contribution in [0.5, 0.6) is 0 Å². The minimum absolute atomic E-state index is 0.100. The summed E-state index contributed by atoms with van der Waals surface area (Å²) in [6.45, 7) is 2.93. The summed E-state index contributed by atoms with van der Waals surface area (Å²) >= 11 is 0. The number of nitrogens with zero attached hydrogens (tertiary/aromatic N) is 4. The van der Waals surface area contributed by atoms with Gasteiger partial charge in [0.25, 0.3) is 0 Å². The Morgan fingerprint density at radius 1 is 1.38 bits per heavy atom. The van der Waals surface area contributed by atoms with Crippen LogP contribution in [0.15, 0.2) is 4.52 Å². The van der Waals surface area contributed by atoms with Crippen molar-refractivity contribution in [3.8, 4) is 0 Å². The number of hydrogen-bond donors (Lipinski definition) is 0. The van der Waals surface area contributed by atoms with Gasteiger partial charge >= 0.3 is 5.97 Å². The first-order valence-electron chi connectivity index (χ1n) is 7.38. The lowest BCUT2D eigenvalue weighted by molar-refractivity contribution is -0.144. The van der Waals surface area contributed by atoms with Gasteiger partial charge in [0.05, 0.1) is 13.2 Å². The molecule has 1 aromatic heterocycles. The van der Waals surface area contributed by atoms with Crippen LogP contribution in [0.25, 0.3) is 0 Å². The highest BCUT2D eigenvalue weighted by Gasteiger charge is 2.57. The molecular weight excluding hydrogens is 272 g/mol. The van der Waals surface area contributed by atoms with Crippen LogP contribution >= 0.6 is 0 Å². The lowest BCUT2D eigenvalue weighted by Crippen LogP contribution is -2.31. The van der Waals surface area contributed by atoms with Gasteiger partial charge in [0.15, 0.2) is 5.82 Å². The number of ether oxygens (including phenoxy) is 1. The van der Waals surface area contributed by atoms with Gasteiger partial charge < -0.3 is 14.2 Å². The maximum Gasteiger partial charge on any atom is 0.321 e. The fraction of sp³-hybridized carbons (Fsp3) is 0.786. The summed E-state index contributed by atoms with van der Waals surface area (Å²) in [5, 5.41) is 4.13. The lowest BCUT2D eigenvalue weighted by Gasteiger charge is -2.24. The fourth-order valence-corrected chi connectivity index (χ4v) is 2.94. The third-order valence-electron chi connectivity index (χ3n) is 4.54. The molecule has 7 nitrogen and oxygen atoms in total. The molecule has 1 aliphatic carbocycles. The molecule has 116 valence electrons. The summed E-state index contributed by atoms with van der Waals surface area (Å²) in [5.41, 5.74) is -0.685. The van der Waals surface area contributed by atoms with Crippen LogP contribution in [-0.4, -0.2) is 66.7 Å². The number of aromatic nitrogens is 2. The van der Waals surface area contributed by atoms with E-state index >= 15 is 0 Å². The number of carbonyl (C=O) groups excluding carboxylic acids is 1. The second-order valence-electron chi connectivity index (χ2n) is 6.14. The molecule has 1 saturated carbocycles. The summed E-state index contributed by atoms with van der Waals surface area (Å²) in [7, 11) is 5.57. The van der Waals surface area contributed by atoms with E-state index in [-0.39, 0.29) is 12.0 Å². The quantitative estimate of drug-likeness (QED) is 0.755. The van der Waals surface area contributed by atoms with Gasteiger partial charge in [0.1, 0.15) is 5.41 Å². The van der Waals surface area contributed by atoms with Crippen molar-refractivity contribution in [2.24, 2.45) is 0 Å². The van der Waals surface area contributed by atoms with Crippen LogP contribution < -0.4 is 0 Å². The van der Waals surface area contributed by atoms with Gasteiger partial charge in [-0.1, -0.05) is 5.16 Å². The maximum absolute atomic E-state index is 11.9. The first-order valence-corrected chi connectivity index (χ1v) is 7.38. The zero-order valence-corrected chi connectivity index (χ0v) is 12.8. The van der Waals surface area contributed by atoms with E-state index in [1.165, 1.54) is 7.11 Å². The molecule has 0 radical (unpaired) electrons. The van der Waals surface area contributed by atoms with Gasteiger partial charge in [-0.3, -0.25) is 9.69 Å². The van der Waals surface area contributed by atoms with Crippen molar-refractivity contribution in [1.29, 1.82) is 0 Å². The molecular formula is C14H22N4O3. The summed E-state index contributed by atoms with van der Waals surface area (Å²) in [6, 6.07) is 0.100. The summed E-state index contributed by atoms with van der Waals surface area (Å²) in [4.78, 5) is 20.9. The maximum atomic E-state index is 11.9. The number of hydrogen-bond acceptors (Lipinski definition) is 7. The minimum atomic E-state index is -0.685. The molecule has 1 aromatic rings. The van der Waals surface area contributed by atoms with Gasteiger partial charge in [-0.05, 0) is 46.4 Å². The van der Waals surface area contributed by atoms with Crippen molar-refractivity contribution in [3.63, 3.8) is 0 Å². The van der Waals surface area contributed by atoms with Crippen LogP contribution in [0.1, 0.15) is 37.0 Å². The Morgan fingerprint density at radius 2 is 2.14 bits per heavy atom. The number of esters is 1. The molecule has 2 aliphatic rings. The highest BCUT2D eigenvalue weighted by atomic mass is 16.5. The molecule has 3 rings (SSSR count). The van der Waals surface area contributed by atoms with E-state index < -0.39 is 5.41 Å². The Kier molecular flexibility index (Phi) is 3.71. The molecule has 2 heterocycles. The van der Waals surface area contributed by atoms with Crippen molar-refractivity contribution < 1.29 is 14.1 Å². The number of rotatable bonds is 3. The number of likely N-dealkylation sites (N-methyl/N-ethyl adjacent to an activating group) is 2. The molecule has 1 aliphatic heterocycles. The minimum Gasteiger partial charge on any atom is -0.468 e. The normalized spacial score (nSPS) is 26.3. The van der Waals surface area contributed by atoms with Crippen molar-refractivity contribution in [1.82, 2.24) is 19.9 Å². The Bertz CT molecular complexity index is 526. The van der Waals surface area contributed by atoms with Crippen molar-refractivity contribution >= 4 is 5.97 Å². The number of methoxy groups -OCH3 is 1. The average Bonchev–Trinajstić information content (AvgIpc) is 3.18. The first-order chi connectivity index (χ1) is 10.1. The monoisotopic (exact) mass is 294 g/mol. The largest absolute Gasteiger partial charge is 0.468 e. The predicted octanol–water partition coefficient (Wildman–Crippen LogP) is 0.583. The molecule has 0 amide bonds. The van der Waals surface area contributed by atoms with Gasteiger partial charge in [-0.25, -0.2) is 0 Å². The molecule has 1 unspecified atom stereocenters. The van der Waals surface area contributed by atoms with E-state index in [2.05, 4.69) is 34.0 Å². The van der Waals surface area contributed by atoms with E-state index in [1.807, 2.05) is 0 Å². The SMILES string of the molecule is COC(=O)C1(c2nc(C3CN(C)CCCN3C)no2)CC1. The fourth-order valence-electron chi connectivity index (χ4n) is 2.94. The van der Waals surface area contributed by atoms with E-state index in [0.29, 0.717) is 11.7 Å². The molecule has 1 atom stereocenters. The second kappa shape index (κ2) is 5.38. The molecule has 0 bridgehead atoms. The third-order valence-corrected chi connectivity index (χ3v) is 4.54.